The fourth-order valence-corrected chi connectivity index (χ4v) is 3.70. The SMILES string of the molecule is CN(C(=O)C1CC2C=CC1C2)C1CCNCC1. The van der Waals surface area contributed by atoms with Crippen LogP contribution >= 0.6 is 0 Å². The van der Waals surface area contributed by atoms with E-state index in [-0.39, 0.29) is 5.92 Å². The third kappa shape index (κ3) is 2.01. The molecule has 1 saturated carbocycles. The van der Waals surface area contributed by atoms with Crippen molar-refractivity contribution in [2.45, 2.75) is 31.7 Å². The summed E-state index contributed by atoms with van der Waals surface area (Å²) in [5.41, 5.74) is 0. The van der Waals surface area contributed by atoms with Crippen LogP contribution in [0, 0.1) is 17.8 Å². The average molecular weight is 234 g/mol. The van der Waals surface area contributed by atoms with Crippen molar-refractivity contribution in [3.63, 3.8) is 0 Å². The zero-order valence-corrected chi connectivity index (χ0v) is 10.6. The van der Waals surface area contributed by atoms with Crippen LogP contribution in [0.2, 0.25) is 0 Å². The summed E-state index contributed by atoms with van der Waals surface area (Å²) in [7, 11) is 2.01. The van der Waals surface area contributed by atoms with Crippen LogP contribution < -0.4 is 5.32 Å². The second-order valence-corrected chi connectivity index (χ2v) is 5.82. The van der Waals surface area contributed by atoms with Crippen LogP contribution in [-0.2, 0) is 4.79 Å². The van der Waals surface area contributed by atoms with E-state index >= 15 is 0 Å². The quantitative estimate of drug-likeness (QED) is 0.733. The maximum atomic E-state index is 12.5. The first kappa shape index (κ1) is 11.3. The van der Waals surface area contributed by atoms with E-state index < -0.39 is 0 Å². The minimum atomic E-state index is 0.282. The molecule has 1 saturated heterocycles. The third-order valence-electron chi connectivity index (χ3n) is 4.80. The fraction of sp³-hybridized carbons (Fsp3) is 0.786. The van der Waals surface area contributed by atoms with Crippen LogP contribution in [0.25, 0.3) is 0 Å². The Morgan fingerprint density at radius 2 is 2.00 bits per heavy atom. The van der Waals surface area contributed by atoms with Crippen LogP contribution in [0.1, 0.15) is 25.7 Å². The summed E-state index contributed by atoms with van der Waals surface area (Å²) >= 11 is 0. The summed E-state index contributed by atoms with van der Waals surface area (Å²) in [4.78, 5) is 14.5. The molecule has 17 heavy (non-hydrogen) atoms. The molecule has 3 nitrogen and oxygen atoms in total. The van der Waals surface area contributed by atoms with Gasteiger partial charge >= 0.3 is 0 Å². The first-order chi connectivity index (χ1) is 8.25. The van der Waals surface area contributed by atoms with Crippen molar-refractivity contribution in [1.82, 2.24) is 10.2 Å². The molecule has 1 aliphatic heterocycles. The van der Waals surface area contributed by atoms with Crippen molar-refractivity contribution in [2.75, 3.05) is 20.1 Å². The number of carbonyl (C=O) groups is 1. The largest absolute Gasteiger partial charge is 0.342 e. The normalized spacial score (nSPS) is 36.4. The maximum Gasteiger partial charge on any atom is 0.226 e. The van der Waals surface area contributed by atoms with E-state index in [4.69, 9.17) is 0 Å². The van der Waals surface area contributed by atoms with Crippen LogP contribution in [0.3, 0.4) is 0 Å². The maximum absolute atomic E-state index is 12.5. The molecule has 1 amide bonds. The molecule has 3 unspecified atom stereocenters. The molecule has 2 bridgehead atoms. The van der Waals surface area contributed by atoms with Gasteiger partial charge in [-0.3, -0.25) is 4.79 Å². The summed E-state index contributed by atoms with van der Waals surface area (Å²) in [5, 5.41) is 3.36. The molecule has 3 atom stereocenters. The van der Waals surface area contributed by atoms with Crippen molar-refractivity contribution >= 4 is 5.91 Å². The zero-order chi connectivity index (χ0) is 11.8. The number of hydrogen-bond donors (Lipinski definition) is 1. The monoisotopic (exact) mass is 234 g/mol. The molecule has 2 fully saturated rings. The van der Waals surface area contributed by atoms with Crippen molar-refractivity contribution in [3.05, 3.63) is 12.2 Å². The van der Waals surface area contributed by atoms with E-state index in [2.05, 4.69) is 17.5 Å². The van der Waals surface area contributed by atoms with Crippen LogP contribution in [0.4, 0.5) is 0 Å². The zero-order valence-electron chi connectivity index (χ0n) is 10.6. The molecule has 3 rings (SSSR count). The third-order valence-corrected chi connectivity index (χ3v) is 4.80. The smallest absolute Gasteiger partial charge is 0.226 e. The number of nitrogens with zero attached hydrogens (tertiary/aromatic N) is 1. The molecule has 2 aliphatic carbocycles. The van der Waals surface area contributed by atoms with Gasteiger partial charge in [-0.05, 0) is 50.6 Å². The summed E-state index contributed by atoms with van der Waals surface area (Å²) in [6.45, 7) is 2.11. The standard InChI is InChI=1S/C14H22N2O/c1-16(12-4-6-15-7-5-12)14(17)13-9-10-2-3-11(13)8-10/h2-3,10-13,15H,4-9H2,1H3. The van der Waals surface area contributed by atoms with E-state index in [1.807, 2.05) is 11.9 Å². The van der Waals surface area contributed by atoms with Gasteiger partial charge in [0.1, 0.15) is 0 Å². The molecule has 1 heterocycles. The molecular formula is C14H22N2O. The number of amides is 1. The lowest BCUT2D eigenvalue weighted by Crippen LogP contribution is -2.46. The van der Waals surface area contributed by atoms with Crippen molar-refractivity contribution in [2.24, 2.45) is 17.8 Å². The number of hydrogen-bond acceptors (Lipinski definition) is 2. The van der Waals surface area contributed by atoms with Crippen molar-refractivity contribution < 1.29 is 4.79 Å². The van der Waals surface area contributed by atoms with Gasteiger partial charge in [-0.1, -0.05) is 12.2 Å². The highest BCUT2D eigenvalue weighted by Crippen LogP contribution is 2.44. The molecule has 0 aromatic carbocycles. The van der Waals surface area contributed by atoms with Gasteiger partial charge in [0.2, 0.25) is 5.91 Å². The van der Waals surface area contributed by atoms with E-state index in [0.29, 0.717) is 23.8 Å². The lowest BCUT2D eigenvalue weighted by molar-refractivity contribution is -0.137. The second kappa shape index (κ2) is 4.45. The summed E-state index contributed by atoms with van der Waals surface area (Å²) < 4.78 is 0. The average Bonchev–Trinajstić information content (AvgIpc) is 3.00. The van der Waals surface area contributed by atoms with Gasteiger partial charge in [0.25, 0.3) is 0 Å². The fourth-order valence-electron chi connectivity index (χ4n) is 3.70. The Kier molecular flexibility index (Phi) is 2.95. The molecule has 1 N–H and O–H groups in total. The van der Waals surface area contributed by atoms with Gasteiger partial charge in [0.05, 0.1) is 0 Å². The Labute approximate surface area is 103 Å². The molecule has 0 aromatic heterocycles. The van der Waals surface area contributed by atoms with Crippen molar-refractivity contribution in [3.8, 4) is 0 Å². The minimum Gasteiger partial charge on any atom is -0.342 e. The molecule has 0 radical (unpaired) electrons. The van der Waals surface area contributed by atoms with Gasteiger partial charge in [-0.2, -0.15) is 0 Å². The molecule has 3 aliphatic rings. The van der Waals surface area contributed by atoms with Gasteiger partial charge < -0.3 is 10.2 Å². The number of rotatable bonds is 2. The molecule has 0 aromatic rings. The van der Waals surface area contributed by atoms with Gasteiger partial charge in [-0.25, -0.2) is 0 Å². The first-order valence-corrected chi connectivity index (χ1v) is 6.91. The van der Waals surface area contributed by atoms with Gasteiger partial charge in [0.15, 0.2) is 0 Å². The topological polar surface area (TPSA) is 32.3 Å². The lowest BCUT2D eigenvalue weighted by Gasteiger charge is -2.34. The minimum absolute atomic E-state index is 0.282. The van der Waals surface area contributed by atoms with E-state index in [0.717, 1.165) is 32.4 Å². The highest BCUT2D eigenvalue weighted by Gasteiger charge is 2.41. The van der Waals surface area contributed by atoms with Crippen LogP contribution in [-0.4, -0.2) is 37.0 Å². The van der Waals surface area contributed by atoms with E-state index in [1.165, 1.54) is 6.42 Å². The Balaban J connectivity index is 1.63. The highest BCUT2D eigenvalue weighted by atomic mass is 16.2. The Morgan fingerprint density at radius 1 is 1.24 bits per heavy atom. The molecule has 3 heteroatoms. The number of piperidine rings is 1. The lowest BCUT2D eigenvalue weighted by atomic mass is 9.91. The molecular weight excluding hydrogens is 212 g/mol. The summed E-state index contributed by atoms with van der Waals surface area (Å²) in [5.74, 6) is 1.91. The summed E-state index contributed by atoms with van der Waals surface area (Å²) in [6, 6.07) is 0.465. The number of nitrogens with one attached hydrogen (secondary N) is 1. The second-order valence-electron chi connectivity index (χ2n) is 5.82. The number of allylic oxidation sites excluding steroid dienone is 2. The van der Waals surface area contributed by atoms with E-state index in [1.54, 1.807) is 0 Å². The van der Waals surface area contributed by atoms with Crippen LogP contribution in [0.15, 0.2) is 12.2 Å². The predicted octanol–water partition coefficient (Wildman–Crippen LogP) is 1.41. The Morgan fingerprint density at radius 3 is 2.59 bits per heavy atom. The Bertz CT molecular complexity index is 333. The van der Waals surface area contributed by atoms with Crippen molar-refractivity contribution in [1.29, 1.82) is 0 Å². The van der Waals surface area contributed by atoms with E-state index in [9.17, 15) is 4.79 Å². The summed E-state index contributed by atoms with van der Waals surface area (Å²) in [6.07, 6.45) is 9.11. The first-order valence-electron chi connectivity index (χ1n) is 6.91. The Hall–Kier alpha value is -0.830. The molecule has 0 spiro atoms. The van der Waals surface area contributed by atoms with Gasteiger partial charge in [-0.15, -0.1) is 0 Å². The number of carbonyl (C=O) groups excluding carboxylic acids is 1. The predicted molar refractivity (Wildman–Crippen MR) is 67.5 cm³/mol. The number of fused-ring (bicyclic) bond motifs is 2. The van der Waals surface area contributed by atoms with Gasteiger partial charge in [0, 0.05) is 19.0 Å². The highest BCUT2D eigenvalue weighted by molar-refractivity contribution is 5.80. The van der Waals surface area contributed by atoms with Crippen LogP contribution in [0.5, 0.6) is 0 Å². The molecule has 94 valence electrons.